The van der Waals surface area contributed by atoms with E-state index in [-0.39, 0.29) is 11.4 Å². The molecular weight excluding hydrogens is 306 g/mol. The molecule has 0 radical (unpaired) electrons. The van der Waals surface area contributed by atoms with Crippen molar-refractivity contribution in [3.05, 3.63) is 41.5 Å². The van der Waals surface area contributed by atoms with Crippen LogP contribution >= 0.6 is 0 Å². The minimum Gasteiger partial charge on any atom is -0.495 e. The second-order valence-corrected chi connectivity index (χ2v) is 5.20. The highest BCUT2D eigenvalue weighted by molar-refractivity contribution is 5.72. The third kappa shape index (κ3) is 2.63. The van der Waals surface area contributed by atoms with Crippen molar-refractivity contribution >= 4 is 5.82 Å². The summed E-state index contributed by atoms with van der Waals surface area (Å²) in [6.07, 6.45) is 3.16. The summed E-state index contributed by atoms with van der Waals surface area (Å²) in [7, 11) is 1.54. The Bertz CT molecular complexity index is 956. The predicted molar refractivity (Wildman–Crippen MR) is 87.5 cm³/mol. The molecule has 24 heavy (non-hydrogen) atoms. The van der Waals surface area contributed by atoms with Gasteiger partial charge in [0.15, 0.2) is 0 Å². The molecule has 8 heteroatoms. The van der Waals surface area contributed by atoms with Gasteiger partial charge >= 0.3 is 0 Å². The van der Waals surface area contributed by atoms with E-state index in [1.165, 1.54) is 0 Å². The van der Waals surface area contributed by atoms with Crippen LogP contribution in [0.5, 0.6) is 5.75 Å². The fourth-order valence-electron chi connectivity index (χ4n) is 2.37. The van der Waals surface area contributed by atoms with E-state index >= 15 is 0 Å². The van der Waals surface area contributed by atoms with E-state index in [0.29, 0.717) is 23.0 Å². The molecule has 0 fully saturated rings. The number of pyridine rings is 1. The van der Waals surface area contributed by atoms with Crippen LogP contribution in [0.4, 0.5) is 5.82 Å². The smallest absolute Gasteiger partial charge is 0.253 e. The summed E-state index contributed by atoms with van der Waals surface area (Å²) in [5.74, 6) is 0.948. The topological polar surface area (TPSA) is 116 Å². The molecule has 0 amide bonds. The first-order valence-corrected chi connectivity index (χ1v) is 7.14. The summed E-state index contributed by atoms with van der Waals surface area (Å²) in [6.45, 7) is 3.77. The number of hydrogen-bond donors (Lipinski definition) is 1. The number of aromatic nitrogens is 5. The summed E-state index contributed by atoms with van der Waals surface area (Å²) in [5.41, 5.74) is 8.86. The maximum Gasteiger partial charge on any atom is 0.253 e. The van der Waals surface area contributed by atoms with Gasteiger partial charge in [-0.1, -0.05) is 0 Å². The zero-order chi connectivity index (χ0) is 17.3. The van der Waals surface area contributed by atoms with Gasteiger partial charge in [0.2, 0.25) is 0 Å². The zero-order valence-electron chi connectivity index (χ0n) is 13.5. The molecule has 2 N–H and O–H groups in total. The molecule has 3 heterocycles. The summed E-state index contributed by atoms with van der Waals surface area (Å²) < 4.78 is 6.77. The number of nitriles is 1. The van der Waals surface area contributed by atoms with E-state index in [4.69, 9.17) is 10.5 Å². The monoisotopic (exact) mass is 321 g/mol. The highest BCUT2D eigenvalue weighted by atomic mass is 16.5. The average molecular weight is 321 g/mol. The largest absolute Gasteiger partial charge is 0.495 e. The average Bonchev–Trinajstić information content (AvgIpc) is 2.92. The molecule has 0 saturated heterocycles. The Kier molecular flexibility index (Phi) is 3.83. The molecule has 0 aliphatic carbocycles. The van der Waals surface area contributed by atoms with Crippen LogP contribution < -0.4 is 10.5 Å². The molecule has 0 saturated carbocycles. The number of anilines is 1. The lowest BCUT2D eigenvalue weighted by molar-refractivity contribution is 0.413. The van der Waals surface area contributed by atoms with Gasteiger partial charge in [0.05, 0.1) is 24.7 Å². The molecule has 0 aromatic carbocycles. The number of methoxy groups -OCH3 is 1. The molecule has 0 aliphatic rings. The first-order chi connectivity index (χ1) is 11.5. The van der Waals surface area contributed by atoms with Gasteiger partial charge in [0, 0.05) is 17.5 Å². The van der Waals surface area contributed by atoms with Crippen molar-refractivity contribution in [2.45, 2.75) is 13.8 Å². The van der Waals surface area contributed by atoms with Crippen molar-refractivity contribution in [2.75, 3.05) is 12.8 Å². The molecule has 0 bridgehead atoms. The van der Waals surface area contributed by atoms with Crippen LogP contribution in [0.3, 0.4) is 0 Å². The molecule has 3 aromatic rings. The number of hydrogen-bond acceptors (Lipinski definition) is 7. The van der Waals surface area contributed by atoms with Crippen LogP contribution in [0.2, 0.25) is 0 Å². The molecule has 3 rings (SSSR count). The Labute approximate surface area is 138 Å². The lowest BCUT2D eigenvalue weighted by Crippen LogP contribution is -2.10. The normalized spacial score (nSPS) is 10.4. The minimum atomic E-state index is 0.0906. The van der Waals surface area contributed by atoms with Crippen LogP contribution in [0.25, 0.3) is 17.2 Å². The Morgan fingerprint density at radius 3 is 2.62 bits per heavy atom. The number of rotatable bonds is 3. The number of nitrogens with zero attached hydrogens (tertiary/aromatic N) is 6. The Morgan fingerprint density at radius 2 is 2.00 bits per heavy atom. The van der Waals surface area contributed by atoms with Crippen LogP contribution in [0.15, 0.2) is 24.5 Å². The van der Waals surface area contributed by atoms with Gasteiger partial charge in [-0.2, -0.15) is 15.3 Å². The van der Waals surface area contributed by atoms with Crippen LogP contribution in [0, 0.1) is 25.2 Å². The first kappa shape index (κ1) is 15.4. The second-order valence-electron chi connectivity index (χ2n) is 5.20. The van der Waals surface area contributed by atoms with Crippen molar-refractivity contribution in [1.29, 1.82) is 5.26 Å². The maximum atomic E-state index is 9.42. The Balaban J connectivity index is 2.24. The first-order valence-electron chi connectivity index (χ1n) is 7.14. The van der Waals surface area contributed by atoms with E-state index < -0.39 is 0 Å². The predicted octanol–water partition coefficient (Wildman–Crippen LogP) is 1.80. The summed E-state index contributed by atoms with van der Waals surface area (Å²) >= 11 is 0. The van der Waals surface area contributed by atoms with E-state index in [2.05, 4.69) is 26.1 Å². The molecule has 0 spiro atoms. The van der Waals surface area contributed by atoms with E-state index in [0.717, 1.165) is 11.4 Å². The van der Waals surface area contributed by atoms with E-state index in [9.17, 15) is 5.26 Å². The summed E-state index contributed by atoms with van der Waals surface area (Å²) in [6, 6.07) is 5.69. The second kappa shape index (κ2) is 5.96. The highest BCUT2D eigenvalue weighted by Crippen LogP contribution is 2.27. The number of nitrogens with two attached hydrogens (primary N) is 1. The SMILES string of the molecule is COc1cncc(-c2nc(-n3nc(C)cc3C)nc(N)c2C#N)c1. The molecule has 0 atom stereocenters. The number of aryl methyl sites for hydroxylation is 2. The lowest BCUT2D eigenvalue weighted by Gasteiger charge is -2.10. The van der Waals surface area contributed by atoms with Crippen molar-refractivity contribution in [3.63, 3.8) is 0 Å². The summed E-state index contributed by atoms with van der Waals surface area (Å²) in [4.78, 5) is 12.8. The van der Waals surface area contributed by atoms with Gasteiger partial charge in [-0.25, -0.2) is 9.67 Å². The van der Waals surface area contributed by atoms with Gasteiger partial charge < -0.3 is 10.5 Å². The van der Waals surface area contributed by atoms with Crippen molar-refractivity contribution in [1.82, 2.24) is 24.7 Å². The van der Waals surface area contributed by atoms with Crippen LogP contribution in [-0.2, 0) is 0 Å². The standard InChI is InChI=1S/C16H15N7O/c1-9-4-10(2)23(22-9)16-20-14(13(6-17)15(18)21-16)11-5-12(24-3)8-19-7-11/h4-5,7-8H,1-3H3,(H2,18,20,21). The zero-order valence-corrected chi connectivity index (χ0v) is 13.5. The van der Waals surface area contributed by atoms with Crippen molar-refractivity contribution in [2.24, 2.45) is 0 Å². The fourth-order valence-corrected chi connectivity index (χ4v) is 2.37. The minimum absolute atomic E-state index is 0.0906. The molecule has 3 aromatic heterocycles. The van der Waals surface area contributed by atoms with Gasteiger partial charge in [-0.15, -0.1) is 0 Å². The third-order valence-electron chi connectivity index (χ3n) is 3.46. The van der Waals surface area contributed by atoms with Gasteiger partial charge in [-0.05, 0) is 26.0 Å². The molecule has 8 nitrogen and oxygen atoms in total. The molecule has 0 unspecified atom stereocenters. The van der Waals surface area contributed by atoms with Crippen LogP contribution in [0.1, 0.15) is 17.0 Å². The highest BCUT2D eigenvalue weighted by Gasteiger charge is 2.17. The van der Waals surface area contributed by atoms with Gasteiger partial charge in [0.1, 0.15) is 23.2 Å². The van der Waals surface area contributed by atoms with E-state index in [1.807, 2.05) is 19.9 Å². The van der Waals surface area contributed by atoms with Crippen molar-refractivity contribution in [3.8, 4) is 29.0 Å². The molecular formula is C16H15N7O. The number of nitrogen functional groups attached to an aromatic ring is 1. The summed E-state index contributed by atoms with van der Waals surface area (Å²) in [5, 5.41) is 13.8. The van der Waals surface area contributed by atoms with Gasteiger partial charge in [0.25, 0.3) is 5.95 Å². The lowest BCUT2D eigenvalue weighted by atomic mass is 10.1. The maximum absolute atomic E-state index is 9.42. The third-order valence-corrected chi connectivity index (χ3v) is 3.46. The molecule has 120 valence electrons. The van der Waals surface area contributed by atoms with E-state index in [1.54, 1.807) is 30.3 Å². The Morgan fingerprint density at radius 1 is 1.21 bits per heavy atom. The quantitative estimate of drug-likeness (QED) is 0.782. The Hall–Kier alpha value is -3.47. The van der Waals surface area contributed by atoms with Gasteiger partial charge in [-0.3, -0.25) is 4.98 Å². The fraction of sp³-hybridized carbons (Fsp3) is 0.188. The number of ether oxygens (including phenoxy) is 1. The molecule has 0 aliphatic heterocycles. The van der Waals surface area contributed by atoms with Crippen molar-refractivity contribution < 1.29 is 4.74 Å². The van der Waals surface area contributed by atoms with Crippen LogP contribution in [-0.4, -0.2) is 31.8 Å².